The Bertz CT molecular complexity index is 1580. The third-order valence-electron chi connectivity index (χ3n) is 5.52. The largest absolute Gasteiger partial charge is 0.468 e. The Labute approximate surface area is 199 Å². The third kappa shape index (κ3) is 3.43. The summed E-state index contributed by atoms with van der Waals surface area (Å²) >= 11 is 1.56. The van der Waals surface area contributed by atoms with E-state index in [4.69, 9.17) is 9.72 Å². The van der Waals surface area contributed by atoms with Gasteiger partial charge in [0.05, 0.1) is 35.1 Å². The van der Waals surface area contributed by atoms with Gasteiger partial charge in [-0.05, 0) is 55.5 Å². The lowest BCUT2D eigenvalue weighted by Crippen LogP contribution is -2.00. The maximum Gasteiger partial charge on any atom is 0.303 e. The second kappa shape index (κ2) is 8.20. The fraction of sp³-hybridized carbons (Fsp3) is 0.0800. The van der Waals surface area contributed by atoms with E-state index in [1.807, 2.05) is 84.1 Å². The summed E-state index contributed by atoms with van der Waals surface area (Å²) in [6, 6.07) is 16.4. The molecule has 0 bridgehead atoms. The summed E-state index contributed by atoms with van der Waals surface area (Å²) in [4.78, 5) is 23.7. The molecule has 6 aromatic rings. The highest BCUT2D eigenvalue weighted by Gasteiger charge is 2.17. The second-order valence-electron chi connectivity index (χ2n) is 7.67. The van der Waals surface area contributed by atoms with Crippen molar-refractivity contribution in [2.75, 3.05) is 7.11 Å². The molecule has 0 atom stereocenters. The molecule has 0 aliphatic rings. The van der Waals surface area contributed by atoms with Crippen LogP contribution in [0.5, 0.6) is 6.01 Å². The summed E-state index contributed by atoms with van der Waals surface area (Å²) in [5, 5.41) is 0. The fourth-order valence-corrected chi connectivity index (χ4v) is 4.44. The topological polar surface area (TPSA) is 83.5 Å². The first-order valence-electron chi connectivity index (χ1n) is 10.6. The van der Waals surface area contributed by atoms with E-state index in [1.54, 1.807) is 24.6 Å². The van der Waals surface area contributed by atoms with Crippen LogP contribution in [0.1, 0.15) is 5.69 Å². The van der Waals surface area contributed by atoms with Crippen molar-refractivity contribution < 1.29 is 4.74 Å². The van der Waals surface area contributed by atoms with Crippen molar-refractivity contribution in [1.82, 2.24) is 34.1 Å². The van der Waals surface area contributed by atoms with E-state index >= 15 is 0 Å². The molecule has 0 aliphatic heterocycles. The monoisotopic (exact) mass is 465 g/mol. The number of hydrogen-bond donors (Lipinski definition) is 0. The van der Waals surface area contributed by atoms with Crippen molar-refractivity contribution in [1.29, 1.82) is 0 Å². The van der Waals surface area contributed by atoms with Gasteiger partial charge in [-0.2, -0.15) is 4.98 Å². The van der Waals surface area contributed by atoms with Gasteiger partial charge in [0.2, 0.25) is 0 Å². The number of hydrogen-bond acceptors (Lipinski definition) is 7. The minimum absolute atomic E-state index is 0.487. The van der Waals surface area contributed by atoms with Crippen LogP contribution in [0.2, 0.25) is 0 Å². The Morgan fingerprint density at radius 3 is 2.50 bits per heavy atom. The molecular weight excluding hydrogens is 446 g/mol. The number of fused-ring (bicyclic) bond motifs is 1. The lowest BCUT2D eigenvalue weighted by molar-refractivity contribution is 0.375. The lowest BCUT2D eigenvalue weighted by Gasteiger charge is -2.10. The van der Waals surface area contributed by atoms with Crippen molar-refractivity contribution in [3.8, 4) is 39.3 Å². The number of imidazole rings is 2. The highest BCUT2D eigenvalue weighted by molar-refractivity contribution is 7.13. The number of thiazole rings is 1. The number of pyridine rings is 2. The first-order chi connectivity index (χ1) is 16.7. The molecule has 0 radical (unpaired) electrons. The van der Waals surface area contributed by atoms with Gasteiger partial charge in [0, 0.05) is 29.8 Å². The normalized spacial score (nSPS) is 11.2. The van der Waals surface area contributed by atoms with Crippen LogP contribution in [-0.2, 0) is 0 Å². The van der Waals surface area contributed by atoms with Crippen LogP contribution in [0.3, 0.4) is 0 Å². The Balaban J connectivity index is 1.46. The van der Waals surface area contributed by atoms with Crippen molar-refractivity contribution in [3.63, 3.8) is 0 Å². The zero-order chi connectivity index (χ0) is 23.1. The van der Waals surface area contributed by atoms with Gasteiger partial charge in [-0.3, -0.25) is 14.5 Å². The molecule has 5 aromatic heterocycles. The summed E-state index contributed by atoms with van der Waals surface area (Å²) in [5.41, 5.74) is 7.98. The van der Waals surface area contributed by atoms with E-state index in [2.05, 4.69) is 24.5 Å². The summed E-state index contributed by atoms with van der Waals surface area (Å²) in [5.74, 6) is 0.821. The van der Waals surface area contributed by atoms with Gasteiger partial charge in [-0.25, -0.2) is 14.5 Å². The molecule has 8 nitrogen and oxygen atoms in total. The van der Waals surface area contributed by atoms with Crippen molar-refractivity contribution in [2.45, 2.75) is 6.92 Å². The van der Waals surface area contributed by atoms with Gasteiger partial charge < -0.3 is 4.74 Å². The van der Waals surface area contributed by atoms with Gasteiger partial charge in [0.15, 0.2) is 5.65 Å². The van der Waals surface area contributed by atoms with Crippen LogP contribution in [0.15, 0.2) is 78.8 Å². The zero-order valence-corrected chi connectivity index (χ0v) is 19.3. The molecule has 0 unspecified atom stereocenters. The number of aryl methyl sites for hydroxylation is 1. The molecule has 0 N–H and O–H groups in total. The van der Waals surface area contributed by atoms with Gasteiger partial charge in [-0.1, -0.05) is 0 Å². The van der Waals surface area contributed by atoms with Gasteiger partial charge in [0.1, 0.15) is 17.0 Å². The lowest BCUT2D eigenvalue weighted by atomic mass is 10.2. The molecule has 0 aliphatic carbocycles. The molecule has 0 fully saturated rings. The first kappa shape index (κ1) is 20.3. The number of benzene rings is 1. The molecule has 6 rings (SSSR count). The molecule has 9 heteroatoms. The van der Waals surface area contributed by atoms with Gasteiger partial charge in [-0.15, -0.1) is 11.3 Å². The molecule has 5 heterocycles. The number of aromatic nitrogens is 7. The molecule has 0 spiro atoms. The number of methoxy groups -OCH3 is 1. The van der Waals surface area contributed by atoms with Gasteiger partial charge >= 0.3 is 6.01 Å². The van der Waals surface area contributed by atoms with E-state index in [1.165, 1.54) is 0 Å². The summed E-state index contributed by atoms with van der Waals surface area (Å²) < 4.78 is 9.48. The summed E-state index contributed by atoms with van der Waals surface area (Å²) in [7, 11) is 1.61. The van der Waals surface area contributed by atoms with Crippen molar-refractivity contribution in [3.05, 3.63) is 84.5 Å². The Kier molecular flexibility index (Phi) is 4.88. The predicted octanol–water partition coefficient (Wildman–Crippen LogP) is 5.11. The molecule has 0 amide bonds. The molecule has 34 heavy (non-hydrogen) atoms. The van der Waals surface area contributed by atoms with E-state index < -0.39 is 0 Å². The molecule has 1 aromatic carbocycles. The van der Waals surface area contributed by atoms with Crippen LogP contribution in [0.25, 0.3) is 44.5 Å². The smallest absolute Gasteiger partial charge is 0.303 e. The van der Waals surface area contributed by atoms with Crippen molar-refractivity contribution >= 4 is 22.5 Å². The number of ether oxygens (including phenoxy) is 1. The standard InChI is InChI=1S/C25H19N7OS/c1-16-5-8-19(12-28-16)31-14-21(22-13-26-15-34-22)29-23(31)17-6-9-18(10-7-17)32-24-20(4-3-11-27-24)30-25(32)33-2/h3-15H,1-2H3. The van der Waals surface area contributed by atoms with Gasteiger partial charge in [0.25, 0.3) is 0 Å². The first-order valence-corrected chi connectivity index (χ1v) is 11.5. The van der Waals surface area contributed by atoms with Crippen LogP contribution < -0.4 is 4.74 Å². The second-order valence-corrected chi connectivity index (χ2v) is 8.56. The fourth-order valence-electron chi connectivity index (χ4n) is 3.87. The molecule has 0 saturated heterocycles. The highest BCUT2D eigenvalue weighted by atomic mass is 32.1. The maximum atomic E-state index is 5.51. The van der Waals surface area contributed by atoms with E-state index in [0.29, 0.717) is 6.01 Å². The molecular formula is C25H19N7OS. The average molecular weight is 466 g/mol. The maximum absolute atomic E-state index is 5.51. The quantitative estimate of drug-likeness (QED) is 0.352. The third-order valence-corrected chi connectivity index (χ3v) is 6.31. The number of nitrogens with zero attached hydrogens (tertiary/aromatic N) is 7. The van der Waals surface area contributed by atoms with E-state index in [9.17, 15) is 0 Å². The molecule has 166 valence electrons. The Hall–Kier alpha value is -4.37. The van der Waals surface area contributed by atoms with Crippen LogP contribution in [0, 0.1) is 6.92 Å². The zero-order valence-electron chi connectivity index (χ0n) is 18.5. The minimum Gasteiger partial charge on any atom is -0.468 e. The Morgan fingerprint density at radius 2 is 1.76 bits per heavy atom. The Morgan fingerprint density at radius 1 is 0.912 bits per heavy atom. The average Bonchev–Trinajstić information content (AvgIpc) is 3.62. The number of rotatable bonds is 5. The summed E-state index contributed by atoms with van der Waals surface area (Å²) in [6.45, 7) is 1.98. The van der Waals surface area contributed by atoms with Crippen LogP contribution >= 0.6 is 11.3 Å². The van der Waals surface area contributed by atoms with Crippen LogP contribution in [-0.4, -0.2) is 41.2 Å². The predicted molar refractivity (Wildman–Crippen MR) is 132 cm³/mol. The SMILES string of the molecule is COc1nc2cccnc2n1-c1ccc(-c2nc(-c3cncs3)cn2-c2ccc(C)nc2)cc1. The van der Waals surface area contributed by atoms with Crippen LogP contribution in [0.4, 0.5) is 0 Å². The molecule has 0 saturated carbocycles. The highest BCUT2D eigenvalue weighted by Crippen LogP contribution is 2.31. The van der Waals surface area contributed by atoms with Crippen molar-refractivity contribution in [2.24, 2.45) is 0 Å². The van der Waals surface area contributed by atoms with E-state index in [0.717, 1.165) is 50.2 Å². The summed E-state index contributed by atoms with van der Waals surface area (Å²) in [6.07, 6.45) is 7.47. The van der Waals surface area contributed by atoms with E-state index in [-0.39, 0.29) is 0 Å². The minimum atomic E-state index is 0.487.